The van der Waals surface area contributed by atoms with Gasteiger partial charge in [0.15, 0.2) is 33.0 Å². The van der Waals surface area contributed by atoms with E-state index in [-0.39, 0.29) is 6.54 Å². The highest BCUT2D eigenvalue weighted by atomic mass is 28.2. The molecule has 0 saturated heterocycles. The average molecular weight is 373 g/mol. The minimum absolute atomic E-state index is 0.0443. The van der Waals surface area contributed by atoms with E-state index in [1.54, 1.807) is 13.8 Å². The largest absolute Gasteiger partial charge is 0.380 e. The third-order valence-electron chi connectivity index (χ3n) is 2.94. The average Bonchev–Trinajstić information content (AvgIpc) is 2.57. The molecule has 0 fully saturated rings. The molecule has 1 rings (SSSR count). The van der Waals surface area contributed by atoms with E-state index in [1.165, 1.54) is 0 Å². The van der Waals surface area contributed by atoms with Gasteiger partial charge in [0.2, 0.25) is 5.82 Å². The van der Waals surface area contributed by atoms with Crippen molar-refractivity contribution in [3.63, 3.8) is 0 Å². The van der Waals surface area contributed by atoms with E-state index in [0.717, 1.165) is 0 Å². The summed E-state index contributed by atoms with van der Waals surface area (Å²) >= 11 is 0. The number of rotatable bonds is 11. The SMILES string of the molecule is CCOC(OCC)O[SiH2]CCCNc1c(F)c(F)c(F)c(F)c1F. The van der Waals surface area contributed by atoms with Gasteiger partial charge >= 0.3 is 0 Å². The molecule has 0 aliphatic carbocycles. The predicted molar refractivity (Wildman–Crippen MR) is 80.8 cm³/mol. The van der Waals surface area contributed by atoms with Crippen molar-refractivity contribution in [2.75, 3.05) is 25.1 Å². The number of benzene rings is 1. The van der Waals surface area contributed by atoms with Crippen molar-refractivity contribution in [1.29, 1.82) is 0 Å². The first-order chi connectivity index (χ1) is 11.4. The van der Waals surface area contributed by atoms with Gasteiger partial charge in [-0.2, -0.15) is 0 Å². The topological polar surface area (TPSA) is 39.7 Å². The lowest BCUT2D eigenvalue weighted by atomic mass is 10.2. The Morgan fingerprint density at radius 3 is 1.88 bits per heavy atom. The van der Waals surface area contributed by atoms with Crippen molar-refractivity contribution in [1.82, 2.24) is 0 Å². The van der Waals surface area contributed by atoms with Crippen LogP contribution >= 0.6 is 0 Å². The number of anilines is 1. The first-order valence-corrected chi connectivity index (χ1v) is 9.11. The molecule has 0 radical (unpaired) electrons. The normalized spacial score (nSPS) is 11.8. The zero-order valence-electron chi connectivity index (χ0n) is 13.4. The van der Waals surface area contributed by atoms with Crippen LogP contribution in [0, 0.1) is 29.1 Å². The fraction of sp³-hybridized carbons (Fsp3) is 0.571. The lowest BCUT2D eigenvalue weighted by Gasteiger charge is -2.17. The van der Waals surface area contributed by atoms with Crippen LogP contribution < -0.4 is 5.32 Å². The number of hydrogen-bond donors (Lipinski definition) is 1. The molecule has 0 unspecified atom stereocenters. The molecule has 0 amide bonds. The van der Waals surface area contributed by atoms with Crippen LogP contribution in [0.5, 0.6) is 0 Å². The van der Waals surface area contributed by atoms with Crippen LogP contribution in [0.15, 0.2) is 0 Å². The van der Waals surface area contributed by atoms with Crippen LogP contribution in [0.1, 0.15) is 20.3 Å². The summed E-state index contributed by atoms with van der Waals surface area (Å²) in [6.45, 7) is 3.77. The summed E-state index contributed by atoms with van der Waals surface area (Å²) in [6.07, 6.45) is 0.441. The van der Waals surface area contributed by atoms with Gasteiger partial charge < -0.3 is 19.2 Å². The molecule has 1 N–H and O–H groups in total. The third-order valence-corrected chi connectivity index (χ3v) is 4.24. The van der Waals surface area contributed by atoms with Gasteiger partial charge in [0, 0.05) is 19.8 Å². The highest BCUT2D eigenvalue weighted by molar-refractivity contribution is 6.27. The molecular formula is C14H20F5NO3Si. The van der Waals surface area contributed by atoms with Crippen LogP contribution in [-0.2, 0) is 13.9 Å². The van der Waals surface area contributed by atoms with Gasteiger partial charge in [-0.05, 0) is 26.3 Å². The summed E-state index contributed by atoms with van der Waals surface area (Å²) in [5.74, 6) is -9.84. The number of ether oxygens (including phenoxy) is 2. The predicted octanol–water partition coefficient (Wildman–Crippen LogP) is 3.06. The lowest BCUT2D eigenvalue weighted by Crippen LogP contribution is -2.23. The molecular weight excluding hydrogens is 353 g/mol. The molecule has 0 heterocycles. The second-order valence-corrected chi connectivity index (χ2v) is 6.10. The molecule has 0 saturated carbocycles. The standard InChI is InChI=1S/C14H20F5NO3Si/c1-3-21-14(22-4-2)23-24-7-5-6-20-13-11(18)9(16)8(15)10(17)12(13)19/h14,20H,3-7,24H2,1-2H3. The number of nitrogens with one attached hydrogen (secondary N) is 1. The first-order valence-electron chi connectivity index (χ1n) is 7.54. The van der Waals surface area contributed by atoms with Crippen LogP contribution in [-0.4, -0.2) is 36.0 Å². The van der Waals surface area contributed by atoms with E-state index in [4.69, 9.17) is 13.9 Å². The Kier molecular flexibility index (Phi) is 9.19. The maximum absolute atomic E-state index is 13.4. The van der Waals surface area contributed by atoms with Crippen molar-refractivity contribution in [2.45, 2.75) is 32.8 Å². The van der Waals surface area contributed by atoms with Crippen molar-refractivity contribution < 1.29 is 35.9 Å². The minimum atomic E-state index is -2.17. The van der Waals surface area contributed by atoms with Crippen LogP contribution in [0.2, 0.25) is 6.04 Å². The summed E-state index contributed by atoms with van der Waals surface area (Å²) in [5.41, 5.74) is -1.02. The molecule has 24 heavy (non-hydrogen) atoms. The summed E-state index contributed by atoms with van der Waals surface area (Å²) in [4.78, 5) is 0. The van der Waals surface area contributed by atoms with Crippen molar-refractivity contribution in [3.05, 3.63) is 29.1 Å². The second-order valence-electron chi connectivity index (χ2n) is 4.65. The van der Waals surface area contributed by atoms with Gasteiger partial charge in [0.1, 0.15) is 5.69 Å². The summed E-state index contributed by atoms with van der Waals surface area (Å²) < 4.78 is 81.6. The van der Waals surface area contributed by atoms with Gasteiger partial charge in [-0.15, -0.1) is 0 Å². The van der Waals surface area contributed by atoms with Crippen LogP contribution in [0.3, 0.4) is 0 Å². The van der Waals surface area contributed by atoms with Crippen molar-refractivity contribution in [3.8, 4) is 0 Å². The Bertz CT molecular complexity index is 501. The molecule has 0 aromatic heterocycles. The van der Waals surface area contributed by atoms with E-state index in [9.17, 15) is 22.0 Å². The molecule has 1 aromatic rings. The molecule has 10 heteroatoms. The Labute approximate surface area is 139 Å². The maximum Gasteiger partial charge on any atom is 0.261 e. The first kappa shape index (κ1) is 20.8. The van der Waals surface area contributed by atoms with Gasteiger partial charge in [-0.1, -0.05) is 0 Å². The summed E-state index contributed by atoms with van der Waals surface area (Å²) in [5, 5.41) is 2.24. The number of hydrogen-bond acceptors (Lipinski definition) is 4. The quantitative estimate of drug-likeness (QED) is 0.162. The molecule has 0 atom stereocenters. The van der Waals surface area contributed by atoms with E-state index in [0.29, 0.717) is 25.7 Å². The fourth-order valence-corrected chi connectivity index (χ4v) is 2.80. The summed E-state index contributed by atoms with van der Waals surface area (Å²) in [7, 11) is -1.00. The second kappa shape index (κ2) is 10.6. The Morgan fingerprint density at radius 1 is 0.875 bits per heavy atom. The molecule has 138 valence electrons. The Hall–Kier alpha value is -1.23. The molecule has 0 bridgehead atoms. The highest BCUT2D eigenvalue weighted by Gasteiger charge is 2.25. The Morgan fingerprint density at radius 2 is 1.38 bits per heavy atom. The molecule has 1 aromatic carbocycles. The van der Waals surface area contributed by atoms with Crippen molar-refractivity contribution in [2.24, 2.45) is 0 Å². The van der Waals surface area contributed by atoms with E-state index in [2.05, 4.69) is 5.32 Å². The van der Waals surface area contributed by atoms with Crippen LogP contribution in [0.25, 0.3) is 0 Å². The zero-order chi connectivity index (χ0) is 18.1. The van der Waals surface area contributed by atoms with E-state index < -0.39 is 51.0 Å². The zero-order valence-corrected chi connectivity index (χ0v) is 14.8. The molecule has 0 aliphatic rings. The Balaban J connectivity index is 2.41. The third kappa shape index (κ3) is 5.69. The molecule has 0 spiro atoms. The van der Waals surface area contributed by atoms with Crippen molar-refractivity contribution >= 4 is 15.5 Å². The highest BCUT2D eigenvalue weighted by Crippen LogP contribution is 2.27. The van der Waals surface area contributed by atoms with E-state index in [1.807, 2.05) is 0 Å². The fourth-order valence-electron chi connectivity index (χ4n) is 1.80. The minimum Gasteiger partial charge on any atom is -0.380 e. The monoisotopic (exact) mass is 373 g/mol. The number of halogens is 5. The van der Waals surface area contributed by atoms with Gasteiger partial charge in [-0.25, -0.2) is 22.0 Å². The summed E-state index contributed by atoms with van der Waals surface area (Å²) in [6, 6.07) is 0.610. The maximum atomic E-state index is 13.4. The molecule has 4 nitrogen and oxygen atoms in total. The smallest absolute Gasteiger partial charge is 0.261 e. The van der Waals surface area contributed by atoms with Gasteiger partial charge in [0.05, 0.1) is 0 Å². The van der Waals surface area contributed by atoms with Gasteiger partial charge in [-0.3, -0.25) is 0 Å². The van der Waals surface area contributed by atoms with Gasteiger partial charge in [0.25, 0.3) is 6.48 Å². The molecule has 0 aliphatic heterocycles. The van der Waals surface area contributed by atoms with Crippen LogP contribution in [0.4, 0.5) is 27.6 Å². The van der Waals surface area contributed by atoms with E-state index >= 15 is 0 Å². The lowest BCUT2D eigenvalue weighted by molar-refractivity contribution is -0.243.